The highest BCUT2D eigenvalue weighted by Crippen LogP contribution is 2.47. The predicted molar refractivity (Wildman–Crippen MR) is 138 cm³/mol. The molecule has 0 spiro atoms. The fraction of sp³-hybridized carbons (Fsp3) is 0.379. The lowest BCUT2D eigenvalue weighted by molar-refractivity contribution is -0.140. The zero-order chi connectivity index (χ0) is 26.1. The van der Waals surface area contributed by atoms with Gasteiger partial charge in [0.1, 0.15) is 17.2 Å². The van der Waals surface area contributed by atoms with Crippen molar-refractivity contribution in [2.75, 3.05) is 27.9 Å². The van der Waals surface area contributed by atoms with Crippen molar-refractivity contribution < 1.29 is 33.3 Å². The highest BCUT2D eigenvalue weighted by molar-refractivity contribution is 5.96. The van der Waals surface area contributed by atoms with Crippen LogP contribution in [0.2, 0.25) is 0 Å². The van der Waals surface area contributed by atoms with Crippen molar-refractivity contribution in [1.82, 2.24) is 0 Å². The third-order valence-electron chi connectivity index (χ3n) is 6.26. The van der Waals surface area contributed by atoms with E-state index in [9.17, 15) is 9.59 Å². The van der Waals surface area contributed by atoms with Crippen molar-refractivity contribution in [3.63, 3.8) is 0 Å². The zero-order valence-corrected chi connectivity index (χ0v) is 21.6. The highest BCUT2D eigenvalue weighted by atomic mass is 16.7. The molecule has 0 aliphatic heterocycles. The molecule has 36 heavy (non-hydrogen) atoms. The van der Waals surface area contributed by atoms with Crippen molar-refractivity contribution in [1.29, 1.82) is 0 Å². The molecule has 3 rings (SSSR count). The number of benzene rings is 3. The van der Waals surface area contributed by atoms with Crippen LogP contribution in [0.5, 0.6) is 17.2 Å². The molecule has 1 atom stereocenters. The first-order valence-electron chi connectivity index (χ1n) is 12.1. The Morgan fingerprint density at radius 1 is 0.861 bits per heavy atom. The van der Waals surface area contributed by atoms with Crippen LogP contribution in [0.3, 0.4) is 0 Å². The Kier molecular flexibility index (Phi) is 9.56. The second-order valence-corrected chi connectivity index (χ2v) is 8.38. The molecule has 0 bridgehead atoms. The molecule has 192 valence electrons. The van der Waals surface area contributed by atoms with Gasteiger partial charge in [-0.15, -0.1) is 0 Å². The quantitative estimate of drug-likeness (QED) is 0.169. The average molecular weight is 495 g/mol. The monoisotopic (exact) mass is 494 g/mol. The Hall–Kier alpha value is -3.74. The summed E-state index contributed by atoms with van der Waals surface area (Å²) in [5.74, 6) is 1.75. The highest BCUT2D eigenvalue weighted by Gasteiger charge is 2.26. The molecule has 0 aliphatic rings. The summed E-state index contributed by atoms with van der Waals surface area (Å²) in [6.07, 6.45) is 1.92. The molecule has 7 nitrogen and oxygen atoms in total. The van der Waals surface area contributed by atoms with E-state index in [-0.39, 0.29) is 18.5 Å². The summed E-state index contributed by atoms with van der Waals surface area (Å²) >= 11 is 0. The molecule has 0 unspecified atom stereocenters. The van der Waals surface area contributed by atoms with Crippen LogP contribution in [0, 0.1) is 6.92 Å². The number of esters is 1. The largest absolute Gasteiger partial charge is 0.513 e. The number of hydrogen-bond donors (Lipinski definition) is 0. The van der Waals surface area contributed by atoms with E-state index < -0.39 is 6.16 Å². The third kappa shape index (κ3) is 6.08. The molecule has 0 saturated carbocycles. The molecule has 0 heterocycles. The van der Waals surface area contributed by atoms with E-state index in [4.69, 9.17) is 23.7 Å². The van der Waals surface area contributed by atoms with E-state index in [0.717, 1.165) is 51.8 Å². The first kappa shape index (κ1) is 26.9. The number of carbonyl (C=O) groups is 2. The molecule has 0 saturated heterocycles. The van der Waals surface area contributed by atoms with Gasteiger partial charge >= 0.3 is 12.1 Å². The van der Waals surface area contributed by atoms with Gasteiger partial charge in [0, 0.05) is 28.7 Å². The SMILES string of the molecule is CCOC(=O)Oc1ccc([C@@H](CCCCC(=O)OC)c2c(C)c(OC)c3ccccc3c2OC)cc1. The normalized spacial score (nSPS) is 11.6. The Morgan fingerprint density at radius 3 is 2.08 bits per heavy atom. The summed E-state index contributed by atoms with van der Waals surface area (Å²) in [7, 11) is 4.76. The van der Waals surface area contributed by atoms with Crippen LogP contribution in [-0.2, 0) is 14.3 Å². The van der Waals surface area contributed by atoms with E-state index in [0.29, 0.717) is 18.6 Å². The maximum Gasteiger partial charge on any atom is 0.513 e. The summed E-state index contributed by atoms with van der Waals surface area (Å²) in [6, 6.07) is 15.4. The summed E-state index contributed by atoms with van der Waals surface area (Å²) < 4.78 is 26.7. The lowest BCUT2D eigenvalue weighted by atomic mass is 9.82. The second kappa shape index (κ2) is 12.8. The second-order valence-electron chi connectivity index (χ2n) is 8.38. The fourth-order valence-electron chi connectivity index (χ4n) is 4.63. The number of hydrogen-bond acceptors (Lipinski definition) is 7. The lowest BCUT2D eigenvalue weighted by Gasteiger charge is -2.26. The van der Waals surface area contributed by atoms with E-state index in [2.05, 4.69) is 0 Å². The maximum absolute atomic E-state index is 11.7. The number of fused-ring (bicyclic) bond motifs is 1. The van der Waals surface area contributed by atoms with Gasteiger partial charge in [-0.3, -0.25) is 4.79 Å². The lowest BCUT2D eigenvalue weighted by Crippen LogP contribution is -2.11. The van der Waals surface area contributed by atoms with E-state index >= 15 is 0 Å². The molecule has 0 radical (unpaired) electrons. The van der Waals surface area contributed by atoms with Crippen LogP contribution in [0.1, 0.15) is 55.2 Å². The van der Waals surface area contributed by atoms with Crippen molar-refractivity contribution in [3.05, 3.63) is 65.2 Å². The molecule has 0 N–H and O–H groups in total. The Balaban J connectivity index is 2.06. The average Bonchev–Trinajstić information content (AvgIpc) is 2.89. The standard InChI is InChI=1S/C29H34O7/c1-6-35-29(31)36-21-17-15-20(16-18-21)22(11-9-10-14-25(30)32-3)26-19(2)27(33-4)23-12-7-8-13-24(23)28(26)34-5/h7-8,12-13,15-18,22H,6,9-11,14H2,1-5H3/t22-/m1/s1. The minimum atomic E-state index is -0.735. The molecule has 7 heteroatoms. The van der Waals surface area contributed by atoms with Gasteiger partial charge in [-0.2, -0.15) is 0 Å². The predicted octanol–water partition coefficient (Wildman–Crippen LogP) is 6.57. The zero-order valence-electron chi connectivity index (χ0n) is 21.6. The number of unbranched alkanes of at least 4 members (excludes halogenated alkanes) is 1. The van der Waals surface area contributed by atoms with Crippen LogP contribution in [0.25, 0.3) is 10.8 Å². The summed E-state index contributed by atoms with van der Waals surface area (Å²) in [6.45, 7) is 4.01. The van der Waals surface area contributed by atoms with E-state index in [1.54, 1.807) is 33.3 Å². The molecular weight excluding hydrogens is 460 g/mol. The molecule has 0 amide bonds. The fourth-order valence-corrected chi connectivity index (χ4v) is 4.63. The maximum atomic E-state index is 11.7. The number of carbonyl (C=O) groups excluding carboxylic acids is 2. The van der Waals surface area contributed by atoms with Gasteiger partial charge in [-0.1, -0.05) is 42.8 Å². The number of ether oxygens (including phenoxy) is 5. The summed E-state index contributed by atoms with van der Waals surface area (Å²) in [5, 5.41) is 1.96. The molecule has 0 aromatic heterocycles. The van der Waals surface area contributed by atoms with Gasteiger partial charge in [-0.25, -0.2) is 4.79 Å². The Morgan fingerprint density at radius 2 is 1.50 bits per heavy atom. The molecule has 3 aromatic carbocycles. The van der Waals surface area contributed by atoms with Crippen LogP contribution >= 0.6 is 0 Å². The van der Waals surface area contributed by atoms with Crippen LogP contribution in [0.4, 0.5) is 4.79 Å². The first-order chi connectivity index (χ1) is 17.4. The molecular formula is C29H34O7. The van der Waals surface area contributed by atoms with Crippen molar-refractivity contribution >= 4 is 22.9 Å². The minimum absolute atomic E-state index is 0.0484. The summed E-state index contributed by atoms with van der Waals surface area (Å²) in [5.41, 5.74) is 3.06. The smallest absolute Gasteiger partial charge is 0.496 e. The molecule has 3 aromatic rings. The van der Waals surface area contributed by atoms with Gasteiger partial charge in [0.05, 0.1) is 27.9 Å². The summed E-state index contributed by atoms with van der Waals surface area (Å²) in [4.78, 5) is 23.4. The molecule has 0 aliphatic carbocycles. The third-order valence-corrected chi connectivity index (χ3v) is 6.26. The van der Waals surface area contributed by atoms with Crippen molar-refractivity contribution in [2.24, 2.45) is 0 Å². The van der Waals surface area contributed by atoms with Gasteiger partial charge in [0.15, 0.2) is 0 Å². The van der Waals surface area contributed by atoms with Crippen LogP contribution in [-0.4, -0.2) is 40.1 Å². The minimum Gasteiger partial charge on any atom is -0.496 e. The van der Waals surface area contributed by atoms with Gasteiger partial charge in [0.25, 0.3) is 0 Å². The topological polar surface area (TPSA) is 80.3 Å². The number of rotatable bonds is 11. The van der Waals surface area contributed by atoms with Crippen molar-refractivity contribution in [3.8, 4) is 17.2 Å². The molecule has 0 fully saturated rings. The Bertz CT molecular complexity index is 1180. The van der Waals surface area contributed by atoms with Gasteiger partial charge in [0.2, 0.25) is 0 Å². The van der Waals surface area contributed by atoms with Gasteiger partial charge in [-0.05, 0) is 49.9 Å². The Labute approximate surface area is 212 Å². The van der Waals surface area contributed by atoms with E-state index in [1.807, 2.05) is 43.3 Å². The van der Waals surface area contributed by atoms with Gasteiger partial charge < -0.3 is 23.7 Å². The number of methoxy groups -OCH3 is 3. The van der Waals surface area contributed by atoms with Crippen LogP contribution in [0.15, 0.2) is 48.5 Å². The van der Waals surface area contributed by atoms with Crippen LogP contribution < -0.4 is 14.2 Å². The van der Waals surface area contributed by atoms with Crippen molar-refractivity contribution in [2.45, 2.75) is 45.4 Å². The van der Waals surface area contributed by atoms with E-state index in [1.165, 1.54) is 7.11 Å². The first-order valence-corrected chi connectivity index (χ1v) is 12.1.